The van der Waals surface area contributed by atoms with Crippen LogP contribution in [-0.4, -0.2) is 10.2 Å². The number of rotatable bonds is 5. The Morgan fingerprint density at radius 1 is 1.13 bits per heavy atom. The molecule has 0 radical (unpaired) electrons. The quantitative estimate of drug-likeness (QED) is 0.722. The Balaban J connectivity index is 1.64. The molecule has 7 heteroatoms. The Morgan fingerprint density at radius 3 is 2.74 bits per heavy atom. The Kier molecular flexibility index (Phi) is 4.49. The summed E-state index contributed by atoms with van der Waals surface area (Å²) in [6.45, 7) is 0.888. The number of aromatic nitrogens is 2. The van der Waals surface area contributed by atoms with Crippen molar-refractivity contribution in [3.63, 3.8) is 0 Å². The van der Waals surface area contributed by atoms with E-state index in [4.69, 9.17) is 0 Å². The fourth-order valence-electron chi connectivity index (χ4n) is 2.28. The Hall–Kier alpha value is -2.12. The first-order chi connectivity index (χ1) is 11.0. The maximum absolute atomic E-state index is 12.7. The number of H-pyrrole nitrogens is 1. The number of aromatic amines is 1. The molecule has 2 heterocycles. The highest BCUT2D eigenvalue weighted by atomic mass is 32.1. The first-order valence-corrected chi connectivity index (χ1v) is 7.85. The van der Waals surface area contributed by atoms with Gasteiger partial charge in [0, 0.05) is 18.7 Å². The minimum atomic E-state index is -4.31. The van der Waals surface area contributed by atoms with Crippen molar-refractivity contribution >= 4 is 11.3 Å². The van der Waals surface area contributed by atoms with Crippen LogP contribution in [0.2, 0.25) is 0 Å². The molecule has 2 aromatic heterocycles. The minimum absolute atomic E-state index is 0.360. The predicted octanol–water partition coefficient (Wildman–Crippen LogP) is 4.45. The van der Waals surface area contributed by atoms with Crippen molar-refractivity contribution in [2.45, 2.75) is 19.3 Å². The maximum atomic E-state index is 12.7. The molecular formula is C16H14F3N3S. The van der Waals surface area contributed by atoms with Crippen LogP contribution in [0, 0.1) is 0 Å². The van der Waals surface area contributed by atoms with E-state index in [9.17, 15) is 13.2 Å². The van der Waals surface area contributed by atoms with E-state index in [-0.39, 0.29) is 0 Å². The van der Waals surface area contributed by atoms with Crippen molar-refractivity contribution in [1.82, 2.24) is 15.5 Å². The molecule has 120 valence electrons. The molecule has 0 fully saturated rings. The van der Waals surface area contributed by atoms with Gasteiger partial charge in [0.05, 0.1) is 22.3 Å². The molecule has 3 nitrogen and oxygen atoms in total. The third-order valence-corrected chi connectivity index (χ3v) is 4.27. The Morgan fingerprint density at radius 2 is 2.00 bits per heavy atom. The summed E-state index contributed by atoms with van der Waals surface area (Å²) in [6.07, 6.45) is -2.58. The summed E-state index contributed by atoms with van der Waals surface area (Å²) in [5.41, 5.74) is 1.90. The van der Waals surface area contributed by atoms with E-state index < -0.39 is 11.7 Å². The van der Waals surface area contributed by atoms with Gasteiger partial charge < -0.3 is 5.32 Å². The van der Waals surface area contributed by atoms with Crippen LogP contribution < -0.4 is 5.32 Å². The molecule has 1 aromatic carbocycles. The molecule has 0 saturated carbocycles. The molecule has 0 aliphatic heterocycles. The highest BCUT2D eigenvalue weighted by Crippen LogP contribution is 2.29. The molecule has 2 N–H and O–H groups in total. The van der Waals surface area contributed by atoms with Gasteiger partial charge in [-0.05, 0) is 23.1 Å². The van der Waals surface area contributed by atoms with Crippen LogP contribution in [0.15, 0.2) is 48.0 Å². The van der Waals surface area contributed by atoms with Crippen molar-refractivity contribution in [1.29, 1.82) is 0 Å². The Labute approximate surface area is 135 Å². The van der Waals surface area contributed by atoms with E-state index in [2.05, 4.69) is 15.5 Å². The van der Waals surface area contributed by atoms with Gasteiger partial charge >= 0.3 is 6.18 Å². The van der Waals surface area contributed by atoms with Crippen molar-refractivity contribution in [2.24, 2.45) is 0 Å². The van der Waals surface area contributed by atoms with E-state index in [1.54, 1.807) is 23.6 Å². The van der Waals surface area contributed by atoms with Gasteiger partial charge in [0.25, 0.3) is 0 Å². The number of hydrogen-bond donors (Lipinski definition) is 2. The van der Waals surface area contributed by atoms with Gasteiger partial charge in [-0.15, -0.1) is 11.3 Å². The van der Waals surface area contributed by atoms with Crippen molar-refractivity contribution in [2.75, 3.05) is 0 Å². The molecule has 0 amide bonds. The van der Waals surface area contributed by atoms with E-state index in [0.29, 0.717) is 18.7 Å². The molecule has 0 bridgehead atoms. The number of nitrogens with one attached hydrogen (secondary N) is 2. The molecule has 0 atom stereocenters. The monoisotopic (exact) mass is 337 g/mol. The molecule has 0 aliphatic rings. The number of alkyl halides is 3. The van der Waals surface area contributed by atoms with E-state index in [1.807, 2.05) is 17.5 Å². The lowest BCUT2D eigenvalue weighted by atomic mass is 10.1. The van der Waals surface area contributed by atoms with Gasteiger partial charge in [-0.25, -0.2) is 0 Å². The van der Waals surface area contributed by atoms with Crippen LogP contribution in [0.1, 0.15) is 16.7 Å². The highest BCUT2D eigenvalue weighted by molar-refractivity contribution is 7.13. The third kappa shape index (κ3) is 3.80. The van der Waals surface area contributed by atoms with Gasteiger partial charge in [0.1, 0.15) is 0 Å². The summed E-state index contributed by atoms with van der Waals surface area (Å²) in [7, 11) is 0. The van der Waals surface area contributed by atoms with E-state index >= 15 is 0 Å². The Bertz CT molecular complexity index is 763. The molecule has 3 rings (SSSR count). The SMILES string of the molecule is FC(F)(F)c1cccc(CNCc2cn[nH]c2-c2cccs2)c1. The standard InChI is InChI=1S/C16H14F3N3S/c17-16(18,19)13-4-1-3-11(7-13)8-20-9-12-10-21-22-15(12)14-5-2-6-23-14/h1-7,10,20H,8-9H2,(H,21,22). The average molecular weight is 337 g/mol. The summed E-state index contributed by atoms with van der Waals surface area (Å²) < 4.78 is 38.1. The number of halogens is 3. The highest BCUT2D eigenvalue weighted by Gasteiger charge is 2.30. The topological polar surface area (TPSA) is 40.7 Å². The van der Waals surface area contributed by atoms with Crippen LogP contribution in [-0.2, 0) is 19.3 Å². The number of nitrogens with zero attached hydrogens (tertiary/aromatic N) is 1. The van der Waals surface area contributed by atoms with Crippen molar-refractivity contribution < 1.29 is 13.2 Å². The first-order valence-electron chi connectivity index (χ1n) is 6.97. The van der Waals surface area contributed by atoms with Crippen LogP contribution in [0.4, 0.5) is 13.2 Å². The van der Waals surface area contributed by atoms with Gasteiger partial charge in [0.2, 0.25) is 0 Å². The first kappa shape index (κ1) is 15.8. The molecular weight excluding hydrogens is 323 g/mol. The van der Waals surface area contributed by atoms with Crippen molar-refractivity contribution in [3.05, 3.63) is 64.7 Å². The second-order valence-corrected chi connectivity index (χ2v) is 6.00. The van der Waals surface area contributed by atoms with Gasteiger partial charge in [0.15, 0.2) is 0 Å². The zero-order valence-corrected chi connectivity index (χ0v) is 12.8. The summed E-state index contributed by atoms with van der Waals surface area (Å²) in [6, 6.07) is 9.30. The smallest absolute Gasteiger partial charge is 0.308 e. The average Bonchev–Trinajstić information content (AvgIpc) is 3.17. The molecule has 0 unspecified atom stereocenters. The molecule has 0 aliphatic carbocycles. The zero-order valence-electron chi connectivity index (χ0n) is 12.0. The van der Waals surface area contributed by atoms with E-state index in [0.717, 1.165) is 22.2 Å². The minimum Gasteiger partial charge on any atom is -0.308 e. The fraction of sp³-hybridized carbons (Fsp3) is 0.188. The molecule has 23 heavy (non-hydrogen) atoms. The lowest BCUT2D eigenvalue weighted by Gasteiger charge is -2.09. The van der Waals surface area contributed by atoms with Crippen LogP contribution in [0.25, 0.3) is 10.6 Å². The summed E-state index contributed by atoms with van der Waals surface area (Å²) >= 11 is 1.61. The third-order valence-electron chi connectivity index (χ3n) is 3.38. The van der Waals surface area contributed by atoms with Gasteiger partial charge in [-0.2, -0.15) is 18.3 Å². The summed E-state index contributed by atoms with van der Waals surface area (Å²) in [5.74, 6) is 0. The second kappa shape index (κ2) is 6.55. The maximum Gasteiger partial charge on any atom is 0.416 e. The van der Waals surface area contributed by atoms with Gasteiger partial charge in [-0.1, -0.05) is 24.3 Å². The number of thiophene rings is 1. The lowest BCUT2D eigenvalue weighted by Crippen LogP contribution is -2.14. The molecule has 0 saturated heterocycles. The summed E-state index contributed by atoms with van der Waals surface area (Å²) in [5, 5.41) is 12.1. The van der Waals surface area contributed by atoms with Crippen LogP contribution in [0.3, 0.4) is 0 Å². The molecule has 0 spiro atoms. The van der Waals surface area contributed by atoms with Gasteiger partial charge in [-0.3, -0.25) is 5.10 Å². The molecule has 3 aromatic rings. The normalized spacial score (nSPS) is 11.8. The van der Waals surface area contributed by atoms with Crippen molar-refractivity contribution in [3.8, 4) is 10.6 Å². The second-order valence-electron chi connectivity index (χ2n) is 5.05. The lowest BCUT2D eigenvalue weighted by molar-refractivity contribution is -0.137. The predicted molar refractivity (Wildman–Crippen MR) is 83.9 cm³/mol. The number of hydrogen-bond acceptors (Lipinski definition) is 3. The van der Waals surface area contributed by atoms with Crippen LogP contribution in [0.5, 0.6) is 0 Å². The summed E-state index contributed by atoms with van der Waals surface area (Å²) in [4.78, 5) is 1.08. The zero-order chi connectivity index (χ0) is 16.3. The van der Waals surface area contributed by atoms with Crippen LogP contribution >= 0.6 is 11.3 Å². The number of benzene rings is 1. The largest absolute Gasteiger partial charge is 0.416 e. The fourth-order valence-corrected chi connectivity index (χ4v) is 3.03. The van der Waals surface area contributed by atoms with E-state index in [1.165, 1.54) is 12.1 Å².